The molecule has 3 fully saturated rings. The van der Waals surface area contributed by atoms with Gasteiger partial charge in [-0.2, -0.15) is 0 Å². The second kappa shape index (κ2) is 20.9. The van der Waals surface area contributed by atoms with Crippen LogP contribution in [0, 0.1) is 5.92 Å². The fraction of sp³-hybridized carbons (Fsp3) is 0.946. The maximum atomic E-state index is 13.6. The number of esters is 1. The van der Waals surface area contributed by atoms with E-state index in [2.05, 4.69) is 24.1 Å². The van der Waals surface area contributed by atoms with E-state index in [-0.39, 0.29) is 17.9 Å². The zero-order valence-corrected chi connectivity index (χ0v) is 32.2. The van der Waals surface area contributed by atoms with Gasteiger partial charge in [0.25, 0.3) is 0 Å². The number of likely N-dealkylation sites (N-methyl/N-ethyl adjacent to an activating group) is 1. The number of unbranched alkanes of at least 4 members (excludes halogenated alkanes) is 12. The molecule has 3 aliphatic heterocycles. The van der Waals surface area contributed by atoms with Gasteiger partial charge >= 0.3 is 5.97 Å². The van der Waals surface area contributed by atoms with Crippen molar-refractivity contribution in [2.75, 3.05) is 19.8 Å². The predicted octanol–water partition coefficient (Wildman–Crippen LogP) is 8.22. The topological polar surface area (TPSA) is 86.3 Å². The molecule has 3 saturated heterocycles. The zero-order chi connectivity index (χ0) is 34.4. The van der Waals surface area contributed by atoms with Crippen molar-refractivity contribution >= 4 is 35.2 Å². The lowest BCUT2D eigenvalue weighted by molar-refractivity contribution is -0.193. The molecule has 10 heteroatoms. The second-order valence-corrected chi connectivity index (χ2v) is 16.4. The van der Waals surface area contributed by atoms with Gasteiger partial charge in [0.2, 0.25) is 5.91 Å². The van der Waals surface area contributed by atoms with Gasteiger partial charge in [-0.05, 0) is 59.3 Å². The van der Waals surface area contributed by atoms with E-state index in [1.165, 1.54) is 76.0 Å². The van der Waals surface area contributed by atoms with Crippen LogP contribution in [0.2, 0.25) is 0 Å². The number of fused-ring (bicyclic) bond motifs is 1. The van der Waals surface area contributed by atoms with Gasteiger partial charge in [-0.3, -0.25) is 14.5 Å². The lowest BCUT2D eigenvalue weighted by Crippen LogP contribution is -2.65. The molecular formula is C37H67ClN2O6S. The summed E-state index contributed by atoms with van der Waals surface area (Å²) in [6.45, 7) is 11.0. The van der Waals surface area contributed by atoms with Gasteiger partial charge in [0, 0.05) is 13.0 Å². The van der Waals surface area contributed by atoms with E-state index in [9.17, 15) is 9.59 Å². The highest BCUT2D eigenvalue weighted by Crippen LogP contribution is 2.42. The van der Waals surface area contributed by atoms with Crippen LogP contribution < -0.4 is 5.32 Å². The van der Waals surface area contributed by atoms with Crippen molar-refractivity contribution in [1.29, 1.82) is 0 Å². The second-order valence-electron chi connectivity index (χ2n) is 14.8. The molecule has 0 aromatic carbocycles. The van der Waals surface area contributed by atoms with E-state index >= 15 is 0 Å². The minimum Gasteiger partial charge on any atom is -0.456 e. The highest BCUT2D eigenvalue weighted by molar-refractivity contribution is 7.99. The number of hydrogen-bond donors (Lipinski definition) is 1. The highest BCUT2D eigenvalue weighted by Gasteiger charge is 2.59. The van der Waals surface area contributed by atoms with Crippen LogP contribution in [0.5, 0.6) is 0 Å². The Balaban J connectivity index is 1.50. The van der Waals surface area contributed by atoms with E-state index in [1.54, 1.807) is 0 Å². The zero-order valence-electron chi connectivity index (χ0n) is 30.6. The predicted molar refractivity (Wildman–Crippen MR) is 193 cm³/mol. The van der Waals surface area contributed by atoms with E-state index in [1.807, 2.05) is 34.1 Å². The van der Waals surface area contributed by atoms with Crippen molar-refractivity contribution in [2.45, 2.75) is 197 Å². The molecule has 0 unspecified atom stereocenters. The smallest absolute Gasteiger partial charge is 0.306 e. The molecule has 47 heavy (non-hydrogen) atoms. The molecule has 0 saturated carbocycles. The number of thioether (sulfide) groups is 1. The SMILES string of the molecule is CCCCCCCCCCCCCCCC(=O)O[C@@H]1[C@H]2OC(C)(C)O[C@H]2[C@@H]([C@H](NC(=O)[C@@H]2C[C@@H](CCC)CN2C)[C@H](C)Cl)O[C@@H]1SC. The van der Waals surface area contributed by atoms with Gasteiger partial charge in [-0.15, -0.1) is 23.4 Å². The lowest BCUT2D eigenvalue weighted by Gasteiger charge is -2.44. The van der Waals surface area contributed by atoms with Gasteiger partial charge in [0.05, 0.1) is 17.5 Å². The van der Waals surface area contributed by atoms with Gasteiger partial charge in [0.15, 0.2) is 11.9 Å². The summed E-state index contributed by atoms with van der Waals surface area (Å²) >= 11 is 8.24. The van der Waals surface area contributed by atoms with Crippen LogP contribution in [0.25, 0.3) is 0 Å². The van der Waals surface area contributed by atoms with Crippen molar-refractivity contribution in [3.05, 3.63) is 0 Å². The molecule has 0 spiro atoms. The van der Waals surface area contributed by atoms with Crippen molar-refractivity contribution in [2.24, 2.45) is 5.92 Å². The molecule has 3 rings (SSSR count). The summed E-state index contributed by atoms with van der Waals surface area (Å²) in [5, 5.41) is 2.82. The van der Waals surface area contributed by atoms with Crippen LogP contribution >= 0.6 is 23.4 Å². The Morgan fingerprint density at radius 3 is 2.06 bits per heavy atom. The van der Waals surface area contributed by atoms with Crippen molar-refractivity contribution < 1.29 is 28.5 Å². The third-order valence-electron chi connectivity index (χ3n) is 10.1. The van der Waals surface area contributed by atoms with E-state index in [0.717, 1.165) is 45.1 Å². The Labute approximate surface area is 295 Å². The lowest BCUT2D eigenvalue weighted by atomic mass is 9.92. The third-order valence-corrected chi connectivity index (χ3v) is 11.3. The first-order valence-corrected chi connectivity index (χ1v) is 20.6. The van der Waals surface area contributed by atoms with Gasteiger partial charge in [-0.25, -0.2) is 0 Å². The third kappa shape index (κ3) is 12.9. The number of alkyl halides is 1. The quantitative estimate of drug-likeness (QED) is 0.0686. The summed E-state index contributed by atoms with van der Waals surface area (Å²) in [7, 11) is 2.02. The maximum absolute atomic E-state index is 13.6. The van der Waals surface area contributed by atoms with Crippen molar-refractivity contribution in [3.63, 3.8) is 0 Å². The number of carbonyl (C=O) groups is 2. The van der Waals surface area contributed by atoms with Gasteiger partial charge in [0.1, 0.15) is 23.7 Å². The fourth-order valence-electron chi connectivity index (χ4n) is 7.64. The average Bonchev–Trinajstić information content (AvgIpc) is 3.56. The fourth-order valence-corrected chi connectivity index (χ4v) is 8.56. The Kier molecular flexibility index (Phi) is 18.2. The molecule has 3 aliphatic rings. The Bertz CT molecular complexity index is 925. The molecule has 1 amide bonds. The first-order valence-electron chi connectivity index (χ1n) is 18.9. The maximum Gasteiger partial charge on any atom is 0.306 e. The number of nitrogens with zero attached hydrogens (tertiary/aromatic N) is 1. The largest absolute Gasteiger partial charge is 0.456 e. The van der Waals surface area contributed by atoms with E-state index in [4.69, 9.17) is 30.5 Å². The summed E-state index contributed by atoms with van der Waals surface area (Å²) in [4.78, 5) is 28.8. The number of nitrogens with one attached hydrogen (secondary N) is 1. The molecule has 3 heterocycles. The molecule has 0 aliphatic carbocycles. The minimum atomic E-state index is -0.896. The number of carbonyl (C=O) groups excluding carboxylic acids is 2. The number of amides is 1. The van der Waals surface area contributed by atoms with Crippen molar-refractivity contribution in [1.82, 2.24) is 10.2 Å². The van der Waals surface area contributed by atoms with E-state index in [0.29, 0.717) is 12.3 Å². The summed E-state index contributed by atoms with van der Waals surface area (Å²) in [6, 6.07) is -0.707. The summed E-state index contributed by atoms with van der Waals surface area (Å²) in [6.07, 6.45) is 19.5. The van der Waals surface area contributed by atoms with Crippen LogP contribution in [0.3, 0.4) is 0 Å². The number of likely N-dealkylation sites (tertiary alicyclic amines) is 1. The molecule has 274 valence electrons. The van der Waals surface area contributed by atoms with Gasteiger partial charge < -0.3 is 24.3 Å². The molecule has 9 atom stereocenters. The molecule has 0 radical (unpaired) electrons. The van der Waals surface area contributed by atoms with Crippen LogP contribution in [0.15, 0.2) is 0 Å². The Hall–Kier alpha value is -0.580. The molecule has 0 aromatic heterocycles. The number of halogens is 1. The number of hydrogen-bond acceptors (Lipinski definition) is 8. The Morgan fingerprint density at radius 2 is 1.51 bits per heavy atom. The number of rotatable bonds is 22. The first-order chi connectivity index (χ1) is 22.5. The van der Waals surface area contributed by atoms with Crippen LogP contribution in [0.4, 0.5) is 0 Å². The van der Waals surface area contributed by atoms with Crippen molar-refractivity contribution in [3.8, 4) is 0 Å². The molecule has 0 aromatic rings. The Morgan fingerprint density at radius 1 is 0.936 bits per heavy atom. The molecule has 1 N–H and O–H groups in total. The van der Waals surface area contributed by atoms with Crippen LogP contribution in [0.1, 0.15) is 144 Å². The first kappa shape index (κ1) is 40.8. The summed E-state index contributed by atoms with van der Waals surface area (Å²) < 4.78 is 25.5. The molecule has 8 nitrogen and oxygen atoms in total. The highest BCUT2D eigenvalue weighted by atomic mass is 35.5. The molecule has 0 bridgehead atoms. The number of ether oxygens (including phenoxy) is 4. The average molecular weight is 703 g/mol. The summed E-state index contributed by atoms with van der Waals surface area (Å²) in [5.74, 6) is -0.638. The van der Waals surface area contributed by atoms with Gasteiger partial charge in [-0.1, -0.05) is 97.3 Å². The van der Waals surface area contributed by atoms with Crippen LogP contribution in [-0.4, -0.2) is 89.7 Å². The minimum absolute atomic E-state index is 0.0333. The molecular weight excluding hydrogens is 636 g/mol. The summed E-state index contributed by atoms with van der Waals surface area (Å²) in [5.41, 5.74) is -0.479. The standard InChI is InChI=1S/C37H67ClN2O6S/c1-8-10-11-12-13-14-15-16-17-18-19-20-21-23-29(41)43-34-33-32(45-37(4,5)46-33)31(44-36(34)47-7)30(26(3)38)39-35(42)28-24-27(22-9-2)25-40(28)6/h26-28,30-34,36H,8-25H2,1-7H3,(H,39,42)/t26-,27+,28-,30+,31+,32-,33-,34+,36+/m0/s1. The van der Waals surface area contributed by atoms with E-state index < -0.39 is 47.1 Å². The monoisotopic (exact) mass is 702 g/mol. The normalized spacial score (nSPS) is 30.2. The van der Waals surface area contributed by atoms with Crippen LogP contribution in [-0.2, 0) is 28.5 Å².